The Morgan fingerprint density at radius 1 is 0.744 bits per heavy atom. The van der Waals surface area contributed by atoms with Crippen molar-refractivity contribution in [1.82, 2.24) is 0 Å². The van der Waals surface area contributed by atoms with Gasteiger partial charge < -0.3 is 29.2 Å². The Morgan fingerprint density at radius 3 is 1.49 bits per heavy atom. The summed E-state index contributed by atoms with van der Waals surface area (Å²) in [6, 6.07) is 7.04. The highest BCUT2D eigenvalue weighted by molar-refractivity contribution is 6.10. The number of ketones is 2. The van der Waals surface area contributed by atoms with Gasteiger partial charge in [-0.3, -0.25) is 9.59 Å². The van der Waals surface area contributed by atoms with E-state index in [4.69, 9.17) is 18.9 Å². The van der Waals surface area contributed by atoms with Gasteiger partial charge >= 0.3 is 0 Å². The smallest absolute Gasteiger partial charge is 0.163 e. The Morgan fingerprint density at radius 2 is 1.13 bits per heavy atom. The summed E-state index contributed by atoms with van der Waals surface area (Å²) in [7, 11) is 2.98. The number of hydrogen-bond donors (Lipinski definition) is 2. The summed E-state index contributed by atoms with van der Waals surface area (Å²) in [5, 5.41) is 21.2. The SMILES string of the molecule is COc1cc(/C=C/C(=O)CC(=O)/C=C/c2cc(OC)c(O)c(C3CCOCC3)c2)cc(C2CCOCC2)c1O. The molecular weight excluding hydrogens is 500 g/mol. The van der Waals surface area contributed by atoms with E-state index in [0.717, 1.165) is 36.8 Å². The first kappa shape index (κ1) is 28.4. The molecule has 2 aliphatic rings. The van der Waals surface area contributed by atoms with Gasteiger partial charge in [-0.2, -0.15) is 0 Å². The normalized spacial score (nSPS) is 17.1. The summed E-state index contributed by atoms with van der Waals surface area (Å²) in [5.74, 6) is 0.524. The zero-order chi connectivity index (χ0) is 27.8. The maximum absolute atomic E-state index is 12.5. The van der Waals surface area contributed by atoms with Gasteiger partial charge in [-0.25, -0.2) is 0 Å². The molecule has 2 heterocycles. The van der Waals surface area contributed by atoms with Gasteiger partial charge in [0.25, 0.3) is 0 Å². The fraction of sp³-hybridized carbons (Fsp3) is 0.419. The lowest BCUT2D eigenvalue weighted by atomic mass is 9.89. The third-order valence-corrected chi connectivity index (χ3v) is 7.29. The third-order valence-electron chi connectivity index (χ3n) is 7.29. The van der Waals surface area contributed by atoms with Crippen LogP contribution < -0.4 is 9.47 Å². The number of carbonyl (C=O) groups is 2. The maximum atomic E-state index is 12.5. The molecule has 0 spiro atoms. The maximum Gasteiger partial charge on any atom is 0.163 e. The zero-order valence-corrected chi connectivity index (χ0v) is 22.5. The quantitative estimate of drug-likeness (QED) is 0.317. The molecule has 0 amide bonds. The Hall–Kier alpha value is -3.62. The number of phenols is 2. The molecular formula is C31H36O8. The average Bonchev–Trinajstić information content (AvgIpc) is 2.96. The van der Waals surface area contributed by atoms with Crippen LogP contribution in [0.3, 0.4) is 0 Å². The van der Waals surface area contributed by atoms with Crippen LogP contribution in [0.2, 0.25) is 0 Å². The summed E-state index contributed by atoms with van der Waals surface area (Å²) < 4.78 is 21.5. The minimum Gasteiger partial charge on any atom is -0.504 e. The minimum absolute atomic E-state index is 0.110. The van der Waals surface area contributed by atoms with Gasteiger partial charge in [-0.05, 0) is 85.1 Å². The molecule has 8 nitrogen and oxygen atoms in total. The summed E-state index contributed by atoms with van der Waals surface area (Å²) >= 11 is 0. The second kappa shape index (κ2) is 13.4. The monoisotopic (exact) mass is 536 g/mol. The van der Waals surface area contributed by atoms with Crippen LogP contribution in [0.1, 0.15) is 66.2 Å². The Bertz CT molecular complexity index is 1140. The van der Waals surface area contributed by atoms with Gasteiger partial charge in [0.15, 0.2) is 34.6 Å². The van der Waals surface area contributed by atoms with E-state index in [1.54, 1.807) is 24.3 Å². The van der Waals surface area contributed by atoms with Gasteiger partial charge in [-0.15, -0.1) is 0 Å². The minimum atomic E-state index is -0.338. The Balaban J connectivity index is 1.43. The average molecular weight is 537 g/mol. The van der Waals surface area contributed by atoms with E-state index >= 15 is 0 Å². The fourth-order valence-corrected chi connectivity index (χ4v) is 5.11. The topological polar surface area (TPSA) is 112 Å². The number of methoxy groups -OCH3 is 2. The molecule has 0 aromatic heterocycles. The van der Waals surface area contributed by atoms with Crippen molar-refractivity contribution < 1.29 is 38.7 Å². The number of ether oxygens (including phenoxy) is 4. The summed E-state index contributed by atoms with van der Waals surface area (Å²) in [5.41, 5.74) is 2.96. The van der Waals surface area contributed by atoms with Crippen molar-refractivity contribution in [2.24, 2.45) is 0 Å². The summed E-state index contributed by atoms with van der Waals surface area (Å²) in [6.07, 6.45) is 8.93. The van der Waals surface area contributed by atoms with Crippen LogP contribution in [-0.4, -0.2) is 62.4 Å². The summed E-state index contributed by atoms with van der Waals surface area (Å²) in [6.45, 7) is 2.53. The molecule has 8 heteroatoms. The molecule has 0 bridgehead atoms. The number of allylic oxidation sites excluding steroid dienone is 2. The van der Waals surface area contributed by atoms with Crippen molar-refractivity contribution in [3.63, 3.8) is 0 Å². The number of phenolic OH excluding ortho intramolecular Hbond substituents is 2. The molecule has 0 unspecified atom stereocenters. The Kier molecular flexibility index (Phi) is 9.79. The highest BCUT2D eigenvalue weighted by Crippen LogP contribution is 2.41. The van der Waals surface area contributed by atoms with Gasteiger partial charge in [0.2, 0.25) is 0 Å². The first-order valence-corrected chi connectivity index (χ1v) is 13.3. The molecule has 0 saturated carbocycles. The second-order valence-electron chi connectivity index (χ2n) is 9.87. The molecule has 2 saturated heterocycles. The van der Waals surface area contributed by atoms with E-state index in [1.165, 1.54) is 26.4 Å². The largest absolute Gasteiger partial charge is 0.504 e. The van der Waals surface area contributed by atoms with Crippen molar-refractivity contribution in [1.29, 1.82) is 0 Å². The standard InChI is InChI=1S/C31H36O8/c1-36-28-17-20(15-26(30(28)34)22-7-11-38-12-8-22)3-5-24(32)19-25(33)6-4-21-16-27(23-9-13-39-14-10-23)31(35)29(18-21)37-2/h3-6,15-18,22-23,34-35H,7-14,19H2,1-2H3/b5-3+,6-4+. The molecule has 0 aliphatic carbocycles. The molecule has 208 valence electrons. The van der Waals surface area contributed by atoms with E-state index in [2.05, 4.69) is 0 Å². The van der Waals surface area contributed by atoms with Crippen molar-refractivity contribution in [2.75, 3.05) is 40.6 Å². The highest BCUT2D eigenvalue weighted by atomic mass is 16.5. The van der Waals surface area contributed by atoms with Crippen LogP contribution in [-0.2, 0) is 19.1 Å². The molecule has 39 heavy (non-hydrogen) atoms. The van der Waals surface area contributed by atoms with Gasteiger partial charge in [0.1, 0.15) is 0 Å². The molecule has 2 aliphatic heterocycles. The molecule has 2 aromatic rings. The van der Waals surface area contributed by atoms with Crippen molar-refractivity contribution >= 4 is 23.7 Å². The molecule has 2 aromatic carbocycles. The van der Waals surface area contributed by atoms with Crippen LogP contribution in [0.5, 0.6) is 23.0 Å². The lowest BCUT2D eigenvalue weighted by Gasteiger charge is -2.24. The van der Waals surface area contributed by atoms with Crippen molar-refractivity contribution in [3.8, 4) is 23.0 Å². The second-order valence-corrected chi connectivity index (χ2v) is 9.87. The molecule has 0 atom stereocenters. The third kappa shape index (κ3) is 7.28. The number of aromatic hydroxyl groups is 2. The van der Waals surface area contributed by atoms with E-state index in [0.29, 0.717) is 49.1 Å². The first-order valence-electron chi connectivity index (χ1n) is 13.3. The number of hydrogen-bond acceptors (Lipinski definition) is 8. The molecule has 2 N–H and O–H groups in total. The summed E-state index contributed by atoms with van der Waals surface area (Å²) in [4.78, 5) is 25.1. The molecule has 2 fully saturated rings. The molecule has 4 rings (SSSR count). The Labute approximate surface area is 228 Å². The first-order chi connectivity index (χ1) is 18.9. The lowest BCUT2D eigenvalue weighted by Crippen LogP contribution is -2.14. The van der Waals surface area contributed by atoms with Crippen molar-refractivity contribution in [3.05, 3.63) is 58.7 Å². The fourth-order valence-electron chi connectivity index (χ4n) is 5.11. The zero-order valence-electron chi connectivity index (χ0n) is 22.5. The highest BCUT2D eigenvalue weighted by Gasteiger charge is 2.23. The van der Waals surface area contributed by atoms with E-state index in [-0.39, 0.29) is 41.3 Å². The van der Waals surface area contributed by atoms with E-state index in [9.17, 15) is 19.8 Å². The number of carbonyl (C=O) groups excluding carboxylic acids is 2. The predicted molar refractivity (Wildman–Crippen MR) is 148 cm³/mol. The van der Waals surface area contributed by atoms with Crippen LogP contribution in [0.4, 0.5) is 0 Å². The number of benzene rings is 2. The van der Waals surface area contributed by atoms with Gasteiger partial charge in [0, 0.05) is 37.6 Å². The lowest BCUT2D eigenvalue weighted by molar-refractivity contribution is -0.121. The van der Waals surface area contributed by atoms with E-state index in [1.807, 2.05) is 12.1 Å². The van der Waals surface area contributed by atoms with Gasteiger partial charge in [0.05, 0.1) is 20.6 Å². The van der Waals surface area contributed by atoms with Gasteiger partial charge in [-0.1, -0.05) is 12.2 Å². The van der Waals surface area contributed by atoms with Crippen LogP contribution in [0, 0.1) is 0 Å². The molecule has 0 radical (unpaired) electrons. The number of rotatable bonds is 10. The van der Waals surface area contributed by atoms with Crippen LogP contribution >= 0.6 is 0 Å². The van der Waals surface area contributed by atoms with E-state index < -0.39 is 0 Å². The van der Waals surface area contributed by atoms with Crippen LogP contribution in [0.25, 0.3) is 12.2 Å². The predicted octanol–water partition coefficient (Wildman–Crippen LogP) is 5.16. The van der Waals surface area contributed by atoms with Crippen molar-refractivity contribution in [2.45, 2.75) is 43.9 Å². The van der Waals surface area contributed by atoms with Crippen LogP contribution in [0.15, 0.2) is 36.4 Å².